The molecule has 1 aromatic heterocycles. The Bertz CT molecular complexity index is 196. The zero-order chi connectivity index (χ0) is 6.69. The number of nitrogens with zero attached hydrogens (tertiary/aromatic N) is 1. The maximum Gasteiger partial charge on any atom is 0.242 e. The van der Waals surface area contributed by atoms with Crippen molar-refractivity contribution < 1.29 is 9.53 Å². The molecule has 0 bridgehead atoms. The Hall–Kier alpha value is -1.26. The van der Waals surface area contributed by atoms with E-state index in [2.05, 4.69) is 22.8 Å². The molecular formula is C4H3BN2O2. The maximum absolute atomic E-state index is 10.0. The molecule has 0 saturated carbocycles. The van der Waals surface area contributed by atoms with Crippen LogP contribution in [0.1, 0.15) is 0 Å². The van der Waals surface area contributed by atoms with Crippen molar-refractivity contribution in [2.24, 2.45) is 0 Å². The monoisotopic (exact) mass is 122 g/mol. The first-order chi connectivity index (χ1) is 4.29. The lowest BCUT2D eigenvalue weighted by atomic mass is 10.2. The van der Waals surface area contributed by atoms with E-state index < -0.39 is 5.87 Å². The van der Waals surface area contributed by atoms with E-state index in [0.29, 0.717) is 0 Å². The Morgan fingerprint density at radius 1 is 1.89 bits per heavy atom. The van der Waals surface area contributed by atoms with Gasteiger partial charge in [0.25, 0.3) is 0 Å². The molecule has 1 heterocycles. The van der Waals surface area contributed by atoms with Gasteiger partial charge in [-0.3, -0.25) is 4.79 Å². The van der Waals surface area contributed by atoms with Gasteiger partial charge < -0.3 is 4.74 Å². The SMILES string of the molecule is [B]C(=O)Oc1ccn[nH]1. The fourth-order valence-electron chi connectivity index (χ4n) is 0.408. The van der Waals surface area contributed by atoms with Crippen LogP contribution in [0.4, 0.5) is 4.79 Å². The average molecular weight is 122 g/mol. The summed E-state index contributed by atoms with van der Waals surface area (Å²) in [6.45, 7) is 0. The standard InChI is InChI=1S/C4H3BN2O2/c5-4(8)9-3-1-2-6-7-3/h1-2H,(H,6,7). The van der Waals surface area contributed by atoms with Crippen molar-refractivity contribution in [3.8, 4) is 5.88 Å². The molecule has 0 atom stereocenters. The smallest absolute Gasteiger partial charge is 0.242 e. The van der Waals surface area contributed by atoms with Crippen LogP contribution in [0, 0.1) is 0 Å². The number of hydrogen-bond acceptors (Lipinski definition) is 3. The van der Waals surface area contributed by atoms with Crippen molar-refractivity contribution in [2.45, 2.75) is 0 Å². The van der Waals surface area contributed by atoms with Gasteiger partial charge in [-0.2, -0.15) is 5.10 Å². The molecule has 1 N–H and O–H groups in total. The van der Waals surface area contributed by atoms with Gasteiger partial charge in [0.2, 0.25) is 19.6 Å². The summed E-state index contributed by atoms with van der Waals surface area (Å²) in [6.07, 6.45) is 1.46. The molecule has 1 aromatic rings. The third kappa shape index (κ3) is 1.60. The number of carbonyl (C=O) groups is 1. The first-order valence-electron chi connectivity index (χ1n) is 2.25. The largest absolute Gasteiger partial charge is 0.418 e. The van der Waals surface area contributed by atoms with Crippen molar-refractivity contribution in [2.75, 3.05) is 0 Å². The molecule has 9 heavy (non-hydrogen) atoms. The normalized spacial score (nSPS) is 8.89. The van der Waals surface area contributed by atoms with Gasteiger partial charge in [-0.25, -0.2) is 5.10 Å². The minimum Gasteiger partial charge on any atom is -0.418 e. The molecule has 0 unspecified atom stereocenters. The van der Waals surface area contributed by atoms with E-state index in [0.717, 1.165) is 0 Å². The molecule has 0 aliphatic heterocycles. The van der Waals surface area contributed by atoms with Crippen molar-refractivity contribution in [1.29, 1.82) is 0 Å². The van der Waals surface area contributed by atoms with Crippen LogP contribution in [-0.4, -0.2) is 23.9 Å². The number of nitrogens with one attached hydrogen (secondary N) is 1. The minimum atomic E-state index is -0.848. The summed E-state index contributed by atoms with van der Waals surface area (Å²) >= 11 is 0. The molecule has 0 aliphatic rings. The quantitative estimate of drug-likeness (QED) is 0.536. The number of H-pyrrole nitrogens is 1. The molecule has 0 aromatic carbocycles. The summed E-state index contributed by atoms with van der Waals surface area (Å²) < 4.78 is 4.38. The fourth-order valence-corrected chi connectivity index (χ4v) is 0.408. The van der Waals surface area contributed by atoms with E-state index in [9.17, 15) is 4.79 Å². The third-order valence-electron chi connectivity index (χ3n) is 0.686. The summed E-state index contributed by atoms with van der Waals surface area (Å²) in [5.41, 5.74) is 0. The highest BCUT2D eigenvalue weighted by Gasteiger charge is 1.94. The van der Waals surface area contributed by atoms with Crippen LogP contribution < -0.4 is 4.74 Å². The molecular weight excluding hydrogens is 119 g/mol. The van der Waals surface area contributed by atoms with Crippen LogP contribution >= 0.6 is 0 Å². The minimum absolute atomic E-state index is 0.252. The lowest BCUT2D eigenvalue weighted by Gasteiger charge is -1.92. The molecule has 44 valence electrons. The number of aromatic nitrogens is 2. The van der Waals surface area contributed by atoms with Gasteiger partial charge in [0.15, 0.2) is 0 Å². The number of aromatic amines is 1. The molecule has 0 aliphatic carbocycles. The zero-order valence-electron chi connectivity index (χ0n) is 4.50. The highest BCUT2D eigenvalue weighted by atomic mass is 16.5. The molecule has 0 spiro atoms. The van der Waals surface area contributed by atoms with Crippen LogP contribution in [0.5, 0.6) is 5.88 Å². The van der Waals surface area contributed by atoms with E-state index in [-0.39, 0.29) is 5.88 Å². The summed E-state index contributed by atoms with van der Waals surface area (Å²) in [4.78, 5) is 10.0. The molecule has 1 rings (SSSR count). The van der Waals surface area contributed by atoms with Gasteiger partial charge in [0.1, 0.15) is 0 Å². The van der Waals surface area contributed by atoms with Crippen LogP contribution in [0.3, 0.4) is 0 Å². The molecule has 4 nitrogen and oxygen atoms in total. The number of hydrogen-bond donors (Lipinski definition) is 1. The van der Waals surface area contributed by atoms with E-state index in [4.69, 9.17) is 0 Å². The van der Waals surface area contributed by atoms with E-state index in [1.54, 1.807) is 0 Å². The predicted octanol–water partition coefficient (Wildman–Crippen LogP) is 0.0770. The Morgan fingerprint density at radius 3 is 3.11 bits per heavy atom. The van der Waals surface area contributed by atoms with Gasteiger partial charge in [-0.05, 0) is 0 Å². The second-order valence-corrected chi connectivity index (χ2v) is 1.34. The third-order valence-corrected chi connectivity index (χ3v) is 0.686. The Morgan fingerprint density at radius 2 is 2.67 bits per heavy atom. The second-order valence-electron chi connectivity index (χ2n) is 1.34. The highest BCUT2D eigenvalue weighted by molar-refractivity contribution is 6.55. The number of ether oxygens (including phenoxy) is 1. The van der Waals surface area contributed by atoms with Gasteiger partial charge in [-0.1, -0.05) is 0 Å². The Balaban J connectivity index is 2.58. The van der Waals surface area contributed by atoms with E-state index in [1.165, 1.54) is 12.3 Å². The van der Waals surface area contributed by atoms with Crippen LogP contribution in [0.2, 0.25) is 0 Å². The zero-order valence-corrected chi connectivity index (χ0v) is 4.50. The van der Waals surface area contributed by atoms with Crippen molar-refractivity contribution in [1.82, 2.24) is 10.2 Å². The first-order valence-corrected chi connectivity index (χ1v) is 2.25. The Labute approximate surface area is 52.6 Å². The van der Waals surface area contributed by atoms with Gasteiger partial charge in [0, 0.05) is 6.07 Å². The molecule has 2 radical (unpaired) electrons. The van der Waals surface area contributed by atoms with Crippen LogP contribution in [0.25, 0.3) is 0 Å². The lowest BCUT2D eigenvalue weighted by molar-refractivity contribution is 0.223. The van der Waals surface area contributed by atoms with Gasteiger partial charge >= 0.3 is 0 Å². The van der Waals surface area contributed by atoms with E-state index in [1.807, 2.05) is 0 Å². The highest BCUT2D eigenvalue weighted by Crippen LogP contribution is 2.00. The Kier molecular flexibility index (Phi) is 1.53. The van der Waals surface area contributed by atoms with E-state index >= 15 is 0 Å². The van der Waals surface area contributed by atoms with Gasteiger partial charge in [-0.15, -0.1) is 0 Å². The van der Waals surface area contributed by atoms with Crippen molar-refractivity contribution in [3.05, 3.63) is 12.3 Å². The van der Waals surface area contributed by atoms with Crippen molar-refractivity contribution >= 4 is 13.7 Å². The average Bonchev–Trinajstić information content (AvgIpc) is 2.15. The molecule has 5 heteroatoms. The summed E-state index contributed by atoms with van der Waals surface area (Å²) in [5.74, 6) is -0.596. The molecule has 0 saturated heterocycles. The lowest BCUT2D eigenvalue weighted by Crippen LogP contribution is -2.03. The number of carbonyl (C=O) groups excluding carboxylic acids is 1. The fraction of sp³-hybridized carbons (Fsp3) is 0. The summed E-state index contributed by atoms with van der Waals surface area (Å²) in [7, 11) is 4.67. The predicted molar refractivity (Wildman–Crippen MR) is 30.4 cm³/mol. The summed E-state index contributed by atoms with van der Waals surface area (Å²) in [5, 5.41) is 5.91. The topological polar surface area (TPSA) is 55.0 Å². The van der Waals surface area contributed by atoms with Crippen LogP contribution in [0.15, 0.2) is 12.3 Å². The van der Waals surface area contributed by atoms with Crippen LogP contribution in [-0.2, 0) is 0 Å². The van der Waals surface area contributed by atoms with Gasteiger partial charge in [0.05, 0.1) is 6.20 Å². The maximum atomic E-state index is 10.0. The summed E-state index contributed by atoms with van der Waals surface area (Å²) in [6, 6.07) is 1.49. The second kappa shape index (κ2) is 2.34. The first kappa shape index (κ1) is 5.87. The molecule has 0 amide bonds. The van der Waals surface area contributed by atoms with Crippen molar-refractivity contribution in [3.63, 3.8) is 0 Å². The number of rotatable bonds is 1. The molecule has 0 fully saturated rings.